The number of aromatic nitrogens is 1. The first-order valence-corrected chi connectivity index (χ1v) is 8.68. The van der Waals surface area contributed by atoms with Crippen LogP contribution in [0.5, 0.6) is 0 Å². The van der Waals surface area contributed by atoms with Crippen LogP contribution in [0.15, 0.2) is 59.2 Å². The average molecular weight is 313 g/mol. The highest BCUT2D eigenvalue weighted by Gasteiger charge is 2.24. The molecule has 0 N–H and O–H groups in total. The molecule has 4 aromatic rings. The van der Waals surface area contributed by atoms with E-state index in [2.05, 4.69) is 43.3 Å². The first-order chi connectivity index (χ1) is 11.8. The molecule has 2 heteroatoms. The molecule has 2 nitrogen and oxygen atoms in total. The van der Waals surface area contributed by atoms with Crippen LogP contribution in [0.1, 0.15) is 24.5 Å². The van der Waals surface area contributed by atoms with Crippen molar-refractivity contribution in [1.82, 2.24) is 4.98 Å². The molecular formula is C22H19NO. The molecule has 1 atom stereocenters. The molecule has 0 saturated carbocycles. The quantitative estimate of drug-likeness (QED) is 0.417. The Bertz CT molecular complexity index is 1050. The van der Waals surface area contributed by atoms with E-state index >= 15 is 0 Å². The second-order valence-electron chi connectivity index (χ2n) is 6.92. The maximum atomic E-state index is 5.69. The van der Waals surface area contributed by atoms with E-state index in [9.17, 15) is 0 Å². The van der Waals surface area contributed by atoms with Crippen molar-refractivity contribution in [2.45, 2.75) is 26.2 Å². The van der Waals surface area contributed by atoms with Gasteiger partial charge in [-0.1, -0.05) is 37.3 Å². The predicted molar refractivity (Wildman–Crippen MR) is 98.1 cm³/mol. The highest BCUT2D eigenvalue weighted by molar-refractivity contribution is 6.09. The number of aryl methyl sites for hydroxylation is 1. The summed E-state index contributed by atoms with van der Waals surface area (Å²) in [7, 11) is 0. The standard InChI is InChI=1S/C22H19NO/c1-14-8-10-17-18(13-14)22(20-7-4-12-24-20)23-19-11-9-15-5-2-3-6-16(15)21(17)19/h2-7,9,11-12,14H,8,10,13H2,1H3/t14-/m1/s1. The van der Waals surface area contributed by atoms with E-state index in [0.717, 1.165) is 29.8 Å². The van der Waals surface area contributed by atoms with Gasteiger partial charge in [-0.2, -0.15) is 0 Å². The maximum absolute atomic E-state index is 5.69. The van der Waals surface area contributed by atoms with Crippen molar-refractivity contribution in [3.63, 3.8) is 0 Å². The Morgan fingerprint density at radius 2 is 1.92 bits per heavy atom. The van der Waals surface area contributed by atoms with Crippen molar-refractivity contribution in [2.24, 2.45) is 5.92 Å². The van der Waals surface area contributed by atoms with Crippen molar-refractivity contribution in [3.8, 4) is 11.5 Å². The number of nitrogens with zero attached hydrogens (tertiary/aromatic N) is 1. The van der Waals surface area contributed by atoms with E-state index in [-0.39, 0.29) is 0 Å². The minimum absolute atomic E-state index is 0.695. The SMILES string of the molecule is C[C@@H]1CCc2c(c(-c3ccco3)nc3ccc4ccccc4c23)C1. The number of fused-ring (bicyclic) bond motifs is 5. The van der Waals surface area contributed by atoms with E-state index in [1.54, 1.807) is 6.26 Å². The van der Waals surface area contributed by atoms with Crippen LogP contribution in [-0.4, -0.2) is 4.98 Å². The number of pyridine rings is 1. The number of hydrogen-bond acceptors (Lipinski definition) is 2. The topological polar surface area (TPSA) is 26.0 Å². The molecule has 2 heterocycles. The van der Waals surface area contributed by atoms with Gasteiger partial charge in [-0.05, 0) is 65.3 Å². The van der Waals surface area contributed by atoms with Gasteiger partial charge in [0.1, 0.15) is 5.69 Å². The van der Waals surface area contributed by atoms with Crippen molar-refractivity contribution < 1.29 is 4.42 Å². The van der Waals surface area contributed by atoms with Crippen LogP contribution in [0, 0.1) is 5.92 Å². The minimum Gasteiger partial charge on any atom is -0.463 e. The van der Waals surface area contributed by atoms with Crippen LogP contribution in [0.2, 0.25) is 0 Å². The molecule has 0 amide bonds. The molecule has 0 bridgehead atoms. The largest absolute Gasteiger partial charge is 0.463 e. The van der Waals surface area contributed by atoms with Gasteiger partial charge in [-0.15, -0.1) is 0 Å². The smallest absolute Gasteiger partial charge is 0.152 e. The summed E-state index contributed by atoms with van der Waals surface area (Å²) in [6, 6.07) is 16.9. The Balaban J connectivity index is 1.93. The first-order valence-electron chi connectivity index (χ1n) is 8.68. The molecule has 2 aromatic carbocycles. The minimum atomic E-state index is 0.695. The highest BCUT2D eigenvalue weighted by Crippen LogP contribution is 2.39. The zero-order valence-electron chi connectivity index (χ0n) is 13.8. The Labute approximate surface area is 141 Å². The fourth-order valence-electron chi connectivity index (χ4n) is 4.11. The summed E-state index contributed by atoms with van der Waals surface area (Å²) in [6.45, 7) is 2.34. The van der Waals surface area contributed by atoms with Crippen LogP contribution < -0.4 is 0 Å². The zero-order valence-corrected chi connectivity index (χ0v) is 13.8. The van der Waals surface area contributed by atoms with Crippen molar-refractivity contribution in [2.75, 3.05) is 0 Å². The summed E-state index contributed by atoms with van der Waals surface area (Å²) >= 11 is 0. The van der Waals surface area contributed by atoms with Gasteiger partial charge in [0.05, 0.1) is 11.8 Å². The van der Waals surface area contributed by atoms with E-state index in [1.165, 1.54) is 33.7 Å². The molecule has 0 spiro atoms. The van der Waals surface area contributed by atoms with E-state index in [0.29, 0.717) is 5.92 Å². The third-order valence-electron chi connectivity index (χ3n) is 5.29. The molecule has 5 rings (SSSR count). The van der Waals surface area contributed by atoms with Crippen molar-refractivity contribution >= 4 is 21.7 Å². The number of benzene rings is 2. The fraction of sp³-hybridized carbons (Fsp3) is 0.227. The van der Waals surface area contributed by atoms with Gasteiger partial charge in [-0.25, -0.2) is 4.98 Å². The van der Waals surface area contributed by atoms with Gasteiger partial charge in [0.15, 0.2) is 5.76 Å². The van der Waals surface area contributed by atoms with Crippen LogP contribution in [0.25, 0.3) is 33.1 Å². The lowest BCUT2D eigenvalue weighted by Crippen LogP contribution is -2.14. The van der Waals surface area contributed by atoms with E-state index in [1.807, 2.05) is 12.1 Å². The van der Waals surface area contributed by atoms with Crippen LogP contribution in [0.3, 0.4) is 0 Å². The lowest BCUT2D eigenvalue weighted by Gasteiger charge is -2.25. The Morgan fingerprint density at radius 1 is 1.00 bits per heavy atom. The summed E-state index contributed by atoms with van der Waals surface area (Å²) in [4.78, 5) is 5.02. The molecular weight excluding hydrogens is 294 g/mol. The maximum Gasteiger partial charge on any atom is 0.152 e. The van der Waals surface area contributed by atoms with Gasteiger partial charge in [0.25, 0.3) is 0 Å². The molecule has 0 aliphatic heterocycles. The molecule has 24 heavy (non-hydrogen) atoms. The molecule has 0 unspecified atom stereocenters. The second kappa shape index (κ2) is 5.20. The molecule has 118 valence electrons. The monoisotopic (exact) mass is 313 g/mol. The van der Waals surface area contributed by atoms with E-state index < -0.39 is 0 Å². The molecule has 1 aliphatic carbocycles. The van der Waals surface area contributed by atoms with Gasteiger partial charge >= 0.3 is 0 Å². The second-order valence-corrected chi connectivity index (χ2v) is 6.92. The fourth-order valence-corrected chi connectivity index (χ4v) is 4.11. The molecule has 0 fully saturated rings. The third kappa shape index (κ3) is 1.99. The zero-order chi connectivity index (χ0) is 16.1. The average Bonchev–Trinajstić information content (AvgIpc) is 3.15. The van der Waals surface area contributed by atoms with Crippen molar-refractivity contribution in [3.05, 3.63) is 65.9 Å². The normalized spacial score (nSPS) is 17.3. The highest BCUT2D eigenvalue weighted by atomic mass is 16.3. The van der Waals surface area contributed by atoms with Crippen molar-refractivity contribution in [1.29, 1.82) is 0 Å². The molecule has 0 radical (unpaired) electrons. The molecule has 0 saturated heterocycles. The number of rotatable bonds is 1. The Morgan fingerprint density at radius 3 is 2.79 bits per heavy atom. The van der Waals surface area contributed by atoms with Gasteiger partial charge < -0.3 is 4.42 Å². The summed E-state index contributed by atoms with van der Waals surface area (Å²) < 4.78 is 5.69. The summed E-state index contributed by atoms with van der Waals surface area (Å²) in [5.74, 6) is 1.58. The Hall–Kier alpha value is -2.61. The van der Waals surface area contributed by atoms with E-state index in [4.69, 9.17) is 9.40 Å². The van der Waals surface area contributed by atoms with Gasteiger partial charge in [-0.3, -0.25) is 0 Å². The van der Waals surface area contributed by atoms with Gasteiger partial charge in [0.2, 0.25) is 0 Å². The molecule has 1 aliphatic rings. The van der Waals surface area contributed by atoms with Gasteiger partial charge in [0, 0.05) is 5.39 Å². The number of furan rings is 1. The summed E-state index contributed by atoms with van der Waals surface area (Å²) in [5, 5.41) is 3.95. The summed E-state index contributed by atoms with van der Waals surface area (Å²) in [6.07, 6.45) is 5.18. The molecule has 2 aromatic heterocycles. The summed E-state index contributed by atoms with van der Waals surface area (Å²) in [5.41, 5.74) is 4.96. The van der Waals surface area contributed by atoms with Crippen LogP contribution in [-0.2, 0) is 12.8 Å². The lowest BCUT2D eigenvalue weighted by atomic mass is 9.81. The predicted octanol–water partition coefficient (Wildman–Crippen LogP) is 5.77. The third-order valence-corrected chi connectivity index (χ3v) is 5.29. The van der Waals surface area contributed by atoms with Crippen LogP contribution in [0.4, 0.5) is 0 Å². The van der Waals surface area contributed by atoms with Crippen LogP contribution >= 0.6 is 0 Å². The number of hydrogen-bond donors (Lipinski definition) is 0. The lowest BCUT2D eigenvalue weighted by molar-refractivity contribution is 0.501. The Kier molecular flexibility index (Phi) is 2.99. The first kappa shape index (κ1) is 13.8.